The summed E-state index contributed by atoms with van der Waals surface area (Å²) in [7, 11) is 1.87. The molecule has 1 saturated carbocycles. The van der Waals surface area contributed by atoms with Gasteiger partial charge in [0.1, 0.15) is 0 Å². The minimum absolute atomic E-state index is 0.509. The molecule has 0 aromatic rings. The Morgan fingerprint density at radius 2 is 2.10 bits per heavy atom. The summed E-state index contributed by atoms with van der Waals surface area (Å²) in [5.74, 6) is 1.77. The van der Waals surface area contributed by atoms with Crippen molar-refractivity contribution in [1.82, 2.24) is 15.5 Å². The molecule has 0 spiro atoms. The molecule has 0 bridgehead atoms. The Labute approximate surface area is 130 Å². The molecule has 0 amide bonds. The summed E-state index contributed by atoms with van der Waals surface area (Å²) < 4.78 is 0. The van der Waals surface area contributed by atoms with Crippen LogP contribution in [0.25, 0.3) is 0 Å². The molecule has 0 aromatic carbocycles. The highest BCUT2D eigenvalue weighted by Crippen LogP contribution is 2.31. The van der Waals surface area contributed by atoms with E-state index < -0.39 is 0 Å². The third kappa shape index (κ3) is 5.85. The molecule has 4 nitrogen and oxygen atoms in total. The molecule has 4 heteroatoms. The van der Waals surface area contributed by atoms with Crippen molar-refractivity contribution in [1.29, 1.82) is 0 Å². The van der Waals surface area contributed by atoms with E-state index in [4.69, 9.17) is 0 Å². The first kappa shape index (κ1) is 16.6. The highest BCUT2D eigenvalue weighted by Gasteiger charge is 2.34. The van der Waals surface area contributed by atoms with E-state index in [2.05, 4.69) is 34.4 Å². The third-order valence-corrected chi connectivity index (χ3v) is 4.79. The molecule has 1 aliphatic carbocycles. The number of hydrogen-bond acceptors (Lipinski definition) is 2. The van der Waals surface area contributed by atoms with E-state index in [1.165, 1.54) is 58.0 Å². The van der Waals surface area contributed by atoms with Gasteiger partial charge in [0.05, 0.1) is 0 Å². The van der Waals surface area contributed by atoms with Crippen LogP contribution in [0.2, 0.25) is 0 Å². The monoisotopic (exact) mass is 294 g/mol. The number of nitrogens with one attached hydrogen (secondary N) is 2. The molecule has 1 aliphatic heterocycles. The molecule has 0 aromatic heterocycles. The molecule has 2 rings (SSSR count). The molecule has 0 radical (unpaired) electrons. The maximum atomic E-state index is 4.36. The molecule has 2 fully saturated rings. The van der Waals surface area contributed by atoms with Gasteiger partial charge in [0, 0.05) is 32.2 Å². The number of hydrogen-bond donors (Lipinski definition) is 2. The van der Waals surface area contributed by atoms with Crippen LogP contribution in [0.5, 0.6) is 0 Å². The summed E-state index contributed by atoms with van der Waals surface area (Å²) in [6.45, 7) is 8.15. The van der Waals surface area contributed by atoms with Gasteiger partial charge in [-0.2, -0.15) is 0 Å². The lowest BCUT2D eigenvalue weighted by Gasteiger charge is -2.20. The Hall–Kier alpha value is -0.770. The van der Waals surface area contributed by atoms with Gasteiger partial charge < -0.3 is 15.5 Å². The second kappa shape index (κ2) is 8.62. The molecule has 122 valence electrons. The van der Waals surface area contributed by atoms with Crippen LogP contribution in [0.4, 0.5) is 0 Å². The van der Waals surface area contributed by atoms with Gasteiger partial charge in [0.2, 0.25) is 0 Å². The molecule has 2 aliphatic rings. The van der Waals surface area contributed by atoms with Crippen LogP contribution in [0.3, 0.4) is 0 Å². The summed E-state index contributed by atoms with van der Waals surface area (Å²) in [5.41, 5.74) is 0. The van der Waals surface area contributed by atoms with E-state index in [1.807, 2.05) is 7.05 Å². The molecule has 1 heterocycles. The fraction of sp³-hybridized carbons (Fsp3) is 0.941. The normalized spacial score (nSPS) is 25.1. The van der Waals surface area contributed by atoms with Gasteiger partial charge in [-0.1, -0.05) is 26.2 Å². The average Bonchev–Trinajstić information content (AvgIpc) is 3.23. The first-order chi connectivity index (χ1) is 10.2. The largest absolute Gasteiger partial charge is 0.356 e. The number of nitrogens with zero attached hydrogens (tertiary/aromatic N) is 2. The van der Waals surface area contributed by atoms with Gasteiger partial charge in [0.25, 0.3) is 0 Å². The van der Waals surface area contributed by atoms with Crippen LogP contribution in [-0.2, 0) is 0 Å². The van der Waals surface area contributed by atoms with E-state index in [-0.39, 0.29) is 0 Å². The van der Waals surface area contributed by atoms with Gasteiger partial charge in [-0.3, -0.25) is 4.99 Å². The van der Waals surface area contributed by atoms with E-state index in [0.29, 0.717) is 6.04 Å². The number of guanidine groups is 1. The van der Waals surface area contributed by atoms with Crippen molar-refractivity contribution < 1.29 is 0 Å². The van der Waals surface area contributed by atoms with E-state index >= 15 is 0 Å². The van der Waals surface area contributed by atoms with Crippen molar-refractivity contribution in [2.45, 2.75) is 70.9 Å². The third-order valence-electron chi connectivity index (χ3n) is 4.79. The number of aliphatic imine (C=N–C) groups is 1. The van der Waals surface area contributed by atoms with Gasteiger partial charge in [0.15, 0.2) is 5.96 Å². The van der Waals surface area contributed by atoms with E-state index in [9.17, 15) is 0 Å². The minimum atomic E-state index is 0.509. The SMILES string of the molecule is CCCCCC(C)NC(=NC)NCC1CCN(C2CC2)C1. The molecule has 1 saturated heterocycles. The van der Waals surface area contributed by atoms with Gasteiger partial charge in [-0.05, 0) is 45.1 Å². The van der Waals surface area contributed by atoms with Crippen molar-refractivity contribution in [3.63, 3.8) is 0 Å². The maximum absolute atomic E-state index is 4.36. The summed E-state index contributed by atoms with van der Waals surface area (Å²) in [6, 6.07) is 1.43. The number of rotatable bonds is 8. The first-order valence-electron chi connectivity index (χ1n) is 8.94. The molecule has 2 N–H and O–H groups in total. The number of unbranched alkanes of at least 4 members (excludes halogenated alkanes) is 2. The predicted molar refractivity (Wildman–Crippen MR) is 90.8 cm³/mol. The Balaban J connectivity index is 1.61. The van der Waals surface area contributed by atoms with Crippen molar-refractivity contribution in [3.8, 4) is 0 Å². The highest BCUT2D eigenvalue weighted by molar-refractivity contribution is 5.79. The van der Waals surface area contributed by atoms with Gasteiger partial charge >= 0.3 is 0 Å². The lowest BCUT2D eigenvalue weighted by Crippen LogP contribution is -2.44. The molecule has 21 heavy (non-hydrogen) atoms. The Bertz CT molecular complexity index is 325. The average molecular weight is 294 g/mol. The van der Waals surface area contributed by atoms with Crippen molar-refractivity contribution in [3.05, 3.63) is 0 Å². The molecular formula is C17H34N4. The molecule has 2 atom stereocenters. The fourth-order valence-electron chi connectivity index (χ4n) is 3.24. The predicted octanol–water partition coefficient (Wildman–Crippen LogP) is 2.60. The topological polar surface area (TPSA) is 39.7 Å². The zero-order valence-corrected chi connectivity index (χ0v) is 14.2. The van der Waals surface area contributed by atoms with Crippen molar-refractivity contribution >= 4 is 5.96 Å². The van der Waals surface area contributed by atoms with E-state index in [1.54, 1.807) is 0 Å². The lowest BCUT2D eigenvalue weighted by atomic mass is 10.1. The Morgan fingerprint density at radius 3 is 2.76 bits per heavy atom. The van der Waals surface area contributed by atoms with Crippen LogP contribution in [0, 0.1) is 5.92 Å². The smallest absolute Gasteiger partial charge is 0.191 e. The van der Waals surface area contributed by atoms with E-state index in [0.717, 1.165) is 24.5 Å². The fourth-order valence-corrected chi connectivity index (χ4v) is 3.24. The molecule has 2 unspecified atom stereocenters. The second-order valence-electron chi connectivity index (χ2n) is 6.88. The number of likely N-dealkylation sites (tertiary alicyclic amines) is 1. The second-order valence-corrected chi connectivity index (χ2v) is 6.88. The zero-order chi connectivity index (χ0) is 15.1. The van der Waals surface area contributed by atoms with Crippen LogP contribution >= 0.6 is 0 Å². The van der Waals surface area contributed by atoms with Crippen molar-refractivity contribution in [2.75, 3.05) is 26.7 Å². The van der Waals surface area contributed by atoms with Crippen LogP contribution in [0.1, 0.15) is 58.8 Å². The van der Waals surface area contributed by atoms with Crippen LogP contribution in [-0.4, -0.2) is 49.6 Å². The Kier molecular flexibility index (Phi) is 6.81. The highest BCUT2D eigenvalue weighted by atomic mass is 15.2. The zero-order valence-electron chi connectivity index (χ0n) is 14.2. The minimum Gasteiger partial charge on any atom is -0.356 e. The van der Waals surface area contributed by atoms with Gasteiger partial charge in [-0.15, -0.1) is 0 Å². The van der Waals surface area contributed by atoms with Crippen LogP contribution in [0.15, 0.2) is 4.99 Å². The van der Waals surface area contributed by atoms with Crippen molar-refractivity contribution in [2.24, 2.45) is 10.9 Å². The van der Waals surface area contributed by atoms with Crippen LogP contribution < -0.4 is 10.6 Å². The quantitative estimate of drug-likeness (QED) is 0.411. The molecular weight excluding hydrogens is 260 g/mol. The summed E-state index contributed by atoms with van der Waals surface area (Å²) in [6.07, 6.45) is 9.36. The lowest BCUT2D eigenvalue weighted by molar-refractivity contribution is 0.314. The summed E-state index contributed by atoms with van der Waals surface area (Å²) in [4.78, 5) is 7.04. The standard InChI is InChI=1S/C17H34N4/c1-4-5-6-7-14(2)20-17(18-3)19-12-15-10-11-21(13-15)16-8-9-16/h14-16H,4-13H2,1-3H3,(H2,18,19,20). The summed E-state index contributed by atoms with van der Waals surface area (Å²) in [5, 5.41) is 7.05. The Morgan fingerprint density at radius 1 is 1.29 bits per heavy atom. The van der Waals surface area contributed by atoms with Gasteiger partial charge in [-0.25, -0.2) is 0 Å². The summed E-state index contributed by atoms with van der Waals surface area (Å²) >= 11 is 0. The first-order valence-corrected chi connectivity index (χ1v) is 8.94. The maximum Gasteiger partial charge on any atom is 0.191 e.